The van der Waals surface area contributed by atoms with E-state index in [1.54, 1.807) is 18.9 Å². The van der Waals surface area contributed by atoms with E-state index in [1.807, 2.05) is 31.2 Å². The number of carboxylic acid groups (broad SMARTS) is 1. The molecule has 3 unspecified atom stereocenters. The smallest absolute Gasteiger partial charge is 0.308 e. The van der Waals surface area contributed by atoms with Crippen LogP contribution in [0.4, 0.5) is 0 Å². The van der Waals surface area contributed by atoms with Gasteiger partial charge in [0.05, 0.1) is 13.0 Å². The van der Waals surface area contributed by atoms with Crippen molar-refractivity contribution < 1.29 is 19.4 Å². The van der Waals surface area contributed by atoms with Crippen LogP contribution in [0.2, 0.25) is 0 Å². The van der Waals surface area contributed by atoms with Crippen LogP contribution in [0.5, 0.6) is 5.75 Å². The van der Waals surface area contributed by atoms with Crippen molar-refractivity contribution in [2.45, 2.75) is 32.7 Å². The first kappa shape index (κ1) is 19.8. The number of carboxylic acids is 1. The zero-order valence-corrected chi connectivity index (χ0v) is 16.3. The summed E-state index contributed by atoms with van der Waals surface area (Å²) in [4.78, 5) is 26.5. The van der Waals surface area contributed by atoms with E-state index in [-0.39, 0.29) is 18.4 Å². The van der Waals surface area contributed by atoms with Crippen LogP contribution in [0.3, 0.4) is 0 Å². The highest BCUT2D eigenvalue weighted by atomic mass is 16.5. The molecule has 1 aliphatic rings. The molecule has 2 aromatic rings. The number of tetrazole rings is 1. The Balaban J connectivity index is 1.89. The number of carbonyl (C=O) groups excluding carboxylic acids is 1. The predicted molar refractivity (Wildman–Crippen MR) is 99.8 cm³/mol. The maximum Gasteiger partial charge on any atom is 0.308 e. The quantitative estimate of drug-likeness (QED) is 0.796. The second-order valence-electron chi connectivity index (χ2n) is 7.36. The highest BCUT2D eigenvalue weighted by Gasteiger charge is 2.36. The molecule has 9 heteroatoms. The molecule has 1 saturated heterocycles. The SMILES string of the molecule is COc1cccc(CC(C(=O)N2CC(C)CC(C(=O)O)C2)n2nnnc2C)c1. The van der Waals surface area contributed by atoms with Crippen LogP contribution in [-0.4, -0.2) is 62.3 Å². The fourth-order valence-corrected chi connectivity index (χ4v) is 3.75. The Morgan fingerprint density at radius 2 is 2.14 bits per heavy atom. The summed E-state index contributed by atoms with van der Waals surface area (Å²) in [5, 5.41) is 21.0. The lowest BCUT2D eigenvalue weighted by Crippen LogP contribution is -2.48. The summed E-state index contributed by atoms with van der Waals surface area (Å²) < 4.78 is 6.79. The van der Waals surface area contributed by atoms with Gasteiger partial charge < -0.3 is 14.7 Å². The molecule has 3 atom stereocenters. The molecule has 0 saturated carbocycles. The van der Waals surface area contributed by atoms with Gasteiger partial charge in [0.15, 0.2) is 0 Å². The fraction of sp³-hybridized carbons (Fsp3) is 0.526. The highest BCUT2D eigenvalue weighted by Crippen LogP contribution is 2.26. The summed E-state index contributed by atoms with van der Waals surface area (Å²) >= 11 is 0. The first-order valence-electron chi connectivity index (χ1n) is 9.28. The number of benzene rings is 1. The summed E-state index contributed by atoms with van der Waals surface area (Å²) in [5.74, 6) is -0.245. The molecular formula is C19H25N5O4. The second kappa shape index (κ2) is 8.37. The maximum absolute atomic E-state index is 13.4. The van der Waals surface area contributed by atoms with Gasteiger partial charge in [-0.3, -0.25) is 9.59 Å². The van der Waals surface area contributed by atoms with Gasteiger partial charge in [-0.1, -0.05) is 19.1 Å². The number of piperidine rings is 1. The van der Waals surface area contributed by atoms with Crippen molar-refractivity contribution in [1.29, 1.82) is 0 Å². The Kier molecular flexibility index (Phi) is 5.91. The monoisotopic (exact) mass is 387 g/mol. The minimum absolute atomic E-state index is 0.117. The van der Waals surface area contributed by atoms with Gasteiger partial charge in [0.1, 0.15) is 17.6 Å². The topological polar surface area (TPSA) is 110 Å². The summed E-state index contributed by atoms with van der Waals surface area (Å²) in [7, 11) is 1.59. The number of ether oxygens (including phenoxy) is 1. The average molecular weight is 387 g/mol. The number of carbonyl (C=O) groups is 2. The number of aryl methyl sites for hydroxylation is 1. The Bertz CT molecular complexity index is 852. The molecule has 150 valence electrons. The Morgan fingerprint density at radius 3 is 2.79 bits per heavy atom. The van der Waals surface area contributed by atoms with Crippen LogP contribution >= 0.6 is 0 Å². The molecule has 1 aliphatic heterocycles. The van der Waals surface area contributed by atoms with Gasteiger partial charge in [-0.25, -0.2) is 4.68 Å². The number of amides is 1. The Labute approximate surface area is 163 Å². The number of hydrogen-bond acceptors (Lipinski definition) is 6. The lowest BCUT2D eigenvalue weighted by Gasteiger charge is -2.36. The van der Waals surface area contributed by atoms with E-state index in [0.717, 1.165) is 5.56 Å². The number of nitrogens with zero attached hydrogens (tertiary/aromatic N) is 5. The molecule has 28 heavy (non-hydrogen) atoms. The summed E-state index contributed by atoms with van der Waals surface area (Å²) in [6.45, 7) is 4.44. The number of methoxy groups -OCH3 is 1. The number of aromatic nitrogens is 4. The van der Waals surface area contributed by atoms with E-state index in [4.69, 9.17) is 4.74 Å². The fourth-order valence-electron chi connectivity index (χ4n) is 3.75. The van der Waals surface area contributed by atoms with E-state index in [1.165, 1.54) is 4.68 Å². The van der Waals surface area contributed by atoms with Crippen LogP contribution in [0, 0.1) is 18.8 Å². The van der Waals surface area contributed by atoms with Crippen molar-refractivity contribution in [3.63, 3.8) is 0 Å². The Morgan fingerprint density at radius 1 is 1.36 bits per heavy atom. The third-order valence-corrected chi connectivity index (χ3v) is 5.12. The van der Waals surface area contributed by atoms with E-state index in [0.29, 0.717) is 31.0 Å². The van der Waals surface area contributed by atoms with Crippen molar-refractivity contribution in [3.05, 3.63) is 35.7 Å². The minimum Gasteiger partial charge on any atom is -0.497 e. The van der Waals surface area contributed by atoms with Gasteiger partial charge in [0.25, 0.3) is 0 Å². The number of rotatable bonds is 6. The summed E-state index contributed by atoms with van der Waals surface area (Å²) in [6.07, 6.45) is 0.952. The molecule has 0 radical (unpaired) electrons. The zero-order valence-electron chi connectivity index (χ0n) is 16.3. The molecule has 0 bridgehead atoms. The van der Waals surface area contributed by atoms with Gasteiger partial charge in [-0.05, 0) is 47.4 Å². The van der Waals surface area contributed by atoms with E-state index in [9.17, 15) is 14.7 Å². The molecule has 1 fully saturated rings. The van der Waals surface area contributed by atoms with Gasteiger partial charge in [0.2, 0.25) is 5.91 Å². The average Bonchev–Trinajstić information content (AvgIpc) is 3.10. The van der Waals surface area contributed by atoms with Gasteiger partial charge in [0, 0.05) is 19.5 Å². The minimum atomic E-state index is -0.868. The van der Waals surface area contributed by atoms with Crippen LogP contribution in [-0.2, 0) is 16.0 Å². The third kappa shape index (κ3) is 4.29. The van der Waals surface area contributed by atoms with E-state index < -0.39 is 17.9 Å². The lowest BCUT2D eigenvalue weighted by molar-refractivity contribution is -0.148. The third-order valence-electron chi connectivity index (χ3n) is 5.12. The first-order chi connectivity index (χ1) is 13.4. The van der Waals surface area contributed by atoms with E-state index in [2.05, 4.69) is 15.5 Å². The molecule has 1 aromatic heterocycles. The van der Waals surface area contributed by atoms with Crippen molar-refractivity contribution in [2.75, 3.05) is 20.2 Å². The normalized spacial score (nSPS) is 20.6. The lowest BCUT2D eigenvalue weighted by atomic mass is 9.90. The van der Waals surface area contributed by atoms with Crippen molar-refractivity contribution in [2.24, 2.45) is 11.8 Å². The summed E-state index contributed by atoms with van der Waals surface area (Å²) in [5.41, 5.74) is 0.910. The molecular weight excluding hydrogens is 362 g/mol. The summed E-state index contributed by atoms with van der Waals surface area (Å²) in [6, 6.07) is 6.85. The highest BCUT2D eigenvalue weighted by molar-refractivity contribution is 5.82. The number of hydrogen-bond donors (Lipinski definition) is 1. The first-order valence-corrected chi connectivity index (χ1v) is 9.28. The van der Waals surface area contributed by atoms with E-state index >= 15 is 0 Å². The van der Waals surface area contributed by atoms with Crippen LogP contribution < -0.4 is 4.74 Å². The van der Waals surface area contributed by atoms with Gasteiger partial charge in [-0.15, -0.1) is 5.10 Å². The molecule has 1 amide bonds. The molecule has 0 aliphatic carbocycles. The van der Waals surface area contributed by atoms with Crippen LogP contribution in [0.1, 0.15) is 30.8 Å². The number of aliphatic carboxylic acids is 1. The zero-order chi connectivity index (χ0) is 20.3. The molecule has 2 heterocycles. The van der Waals surface area contributed by atoms with Gasteiger partial charge >= 0.3 is 5.97 Å². The molecule has 9 nitrogen and oxygen atoms in total. The van der Waals surface area contributed by atoms with Crippen LogP contribution in [0.25, 0.3) is 0 Å². The molecule has 0 spiro atoms. The standard InChI is InChI=1S/C19H25N5O4/c1-12-7-15(19(26)27)11-23(10-12)18(25)17(24-13(2)20-21-22-24)9-14-5-4-6-16(8-14)28-3/h4-6,8,12,15,17H,7,9-11H2,1-3H3,(H,26,27). The predicted octanol–water partition coefficient (Wildman–Crippen LogP) is 1.34. The maximum atomic E-state index is 13.4. The molecule has 3 rings (SSSR count). The largest absolute Gasteiger partial charge is 0.497 e. The molecule has 1 aromatic carbocycles. The number of likely N-dealkylation sites (tertiary alicyclic amines) is 1. The second-order valence-corrected chi connectivity index (χ2v) is 7.36. The molecule has 1 N–H and O–H groups in total. The van der Waals surface area contributed by atoms with Crippen molar-refractivity contribution in [3.8, 4) is 5.75 Å². The van der Waals surface area contributed by atoms with Crippen molar-refractivity contribution >= 4 is 11.9 Å². The Hall–Kier alpha value is -2.97. The van der Waals surface area contributed by atoms with Crippen LogP contribution in [0.15, 0.2) is 24.3 Å². The van der Waals surface area contributed by atoms with Crippen molar-refractivity contribution in [1.82, 2.24) is 25.1 Å². The van der Waals surface area contributed by atoms with Gasteiger partial charge in [-0.2, -0.15) is 0 Å².